The first-order chi connectivity index (χ1) is 12.2. The number of carbonyl (C=O) groups is 4. The third kappa shape index (κ3) is 7.94. The van der Waals surface area contributed by atoms with Gasteiger partial charge in [-0.3, -0.25) is 19.6 Å². The molecular weight excluding hydrogens is 354 g/mol. The molecule has 0 spiro atoms. The Morgan fingerprint density at radius 3 is 1.93 bits per heavy atom. The van der Waals surface area contributed by atoms with Crippen LogP contribution in [0.4, 0.5) is 0 Å². The molecule has 0 rings (SSSR count). The van der Waals surface area contributed by atoms with Gasteiger partial charge in [0, 0.05) is 17.9 Å². The first-order valence-electron chi connectivity index (χ1n) is 9.01. The van der Waals surface area contributed by atoms with Crippen LogP contribution in [0.2, 0.25) is 0 Å². The van der Waals surface area contributed by atoms with Gasteiger partial charge in [-0.2, -0.15) is 0 Å². The van der Waals surface area contributed by atoms with Crippen LogP contribution in [-0.2, 0) is 19.2 Å². The second-order valence-corrected chi connectivity index (χ2v) is 8.19. The van der Waals surface area contributed by atoms with Crippen LogP contribution in [0.15, 0.2) is 0 Å². The molecule has 0 fully saturated rings. The quantitative estimate of drug-likeness (QED) is 0.346. The summed E-state index contributed by atoms with van der Waals surface area (Å²) in [6, 6.07) is -2.03. The van der Waals surface area contributed by atoms with Gasteiger partial charge in [-0.15, -0.1) is 0 Å². The number of nitrogens with zero attached hydrogens (tertiary/aromatic N) is 1. The molecule has 0 aromatic heterocycles. The van der Waals surface area contributed by atoms with Crippen LogP contribution in [0, 0.1) is 11.8 Å². The minimum Gasteiger partial charge on any atom is -0.480 e. The van der Waals surface area contributed by atoms with Crippen LogP contribution >= 0.6 is 0 Å². The predicted molar refractivity (Wildman–Crippen MR) is 98.8 cm³/mol. The Morgan fingerprint density at radius 1 is 1.04 bits per heavy atom. The van der Waals surface area contributed by atoms with E-state index in [2.05, 4.69) is 5.32 Å². The lowest BCUT2D eigenvalue weighted by Gasteiger charge is -2.40. The number of aliphatic carboxylic acids is 1. The van der Waals surface area contributed by atoms with Gasteiger partial charge in [-0.1, -0.05) is 13.8 Å². The van der Waals surface area contributed by atoms with E-state index in [1.807, 2.05) is 13.8 Å². The summed E-state index contributed by atoms with van der Waals surface area (Å²) in [5.41, 5.74) is 0.744. The van der Waals surface area contributed by atoms with Crippen molar-refractivity contribution < 1.29 is 29.5 Å². The van der Waals surface area contributed by atoms with Gasteiger partial charge < -0.3 is 15.3 Å². The van der Waals surface area contributed by atoms with E-state index in [-0.39, 0.29) is 12.3 Å². The van der Waals surface area contributed by atoms with Crippen molar-refractivity contribution in [1.82, 2.24) is 15.7 Å². The highest BCUT2D eigenvalue weighted by atomic mass is 16.5. The molecule has 0 aromatic carbocycles. The Kier molecular flexibility index (Phi) is 9.43. The maximum atomic E-state index is 12.8. The number of hydrogen-bond donors (Lipinski definition) is 4. The molecule has 0 heterocycles. The van der Waals surface area contributed by atoms with Crippen LogP contribution < -0.4 is 10.8 Å². The van der Waals surface area contributed by atoms with E-state index in [4.69, 9.17) is 5.21 Å². The van der Waals surface area contributed by atoms with Crippen molar-refractivity contribution in [2.75, 3.05) is 0 Å². The molecule has 0 aliphatic carbocycles. The highest BCUT2D eigenvalue weighted by molar-refractivity contribution is 5.92. The van der Waals surface area contributed by atoms with Gasteiger partial charge in [-0.25, -0.2) is 10.3 Å². The monoisotopic (exact) mass is 387 g/mol. The summed E-state index contributed by atoms with van der Waals surface area (Å²) in [6.07, 6.45) is 0.185. The van der Waals surface area contributed by atoms with Crippen LogP contribution in [0.1, 0.15) is 61.3 Å². The molecule has 0 saturated carbocycles. The van der Waals surface area contributed by atoms with Crippen LogP contribution in [-0.4, -0.2) is 56.5 Å². The van der Waals surface area contributed by atoms with Crippen molar-refractivity contribution in [1.29, 1.82) is 0 Å². The fourth-order valence-corrected chi connectivity index (χ4v) is 2.94. The number of hydrogen-bond acceptors (Lipinski definition) is 5. The Hall–Kier alpha value is -2.16. The van der Waals surface area contributed by atoms with Crippen molar-refractivity contribution in [2.24, 2.45) is 11.8 Å². The second-order valence-electron chi connectivity index (χ2n) is 8.19. The number of hydroxylamine groups is 1. The van der Waals surface area contributed by atoms with Crippen molar-refractivity contribution in [3.8, 4) is 0 Å². The van der Waals surface area contributed by atoms with Gasteiger partial charge in [-0.05, 0) is 47.0 Å². The summed E-state index contributed by atoms with van der Waals surface area (Å²) in [6.45, 7) is 11.8. The van der Waals surface area contributed by atoms with Gasteiger partial charge in [0.2, 0.25) is 17.7 Å². The molecule has 0 radical (unpaired) electrons. The SMILES string of the molecule is CC(C)C[C@H](CC(=O)NO)C(=O)N[C@@H](C)C(=O)N([C@@H](C)C(=O)O)C(C)(C)C. The fraction of sp³-hybridized carbons (Fsp3) is 0.778. The Morgan fingerprint density at radius 2 is 1.56 bits per heavy atom. The number of amides is 3. The number of carbonyl (C=O) groups excluding carboxylic acids is 3. The van der Waals surface area contributed by atoms with Gasteiger partial charge in [0.25, 0.3) is 0 Å². The van der Waals surface area contributed by atoms with E-state index in [1.54, 1.807) is 20.8 Å². The maximum absolute atomic E-state index is 12.8. The van der Waals surface area contributed by atoms with Crippen molar-refractivity contribution in [2.45, 2.75) is 78.9 Å². The van der Waals surface area contributed by atoms with Crippen molar-refractivity contribution >= 4 is 23.7 Å². The highest BCUT2D eigenvalue weighted by Crippen LogP contribution is 2.20. The molecule has 3 atom stereocenters. The molecule has 0 aliphatic heterocycles. The summed E-state index contributed by atoms with van der Waals surface area (Å²) in [5, 5.41) is 20.6. The number of nitrogens with one attached hydrogen (secondary N) is 2. The first kappa shape index (κ1) is 24.8. The first-order valence-corrected chi connectivity index (χ1v) is 9.01. The van der Waals surface area contributed by atoms with E-state index >= 15 is 0 Å². The molecule has 0 saturated heterocycles. The molecule has 0 aliphatic rings. The zero-order valence-electron chi connectivity index (χ0n) is 17.2. The van der Waals surface area contributed by atoms with Gasteiger partial charge in [0.05, 0.1) is 0 Å². The summed E-state index contributed by atoms with van der Waals surface area (Å²) < 4.78 is 0. The molecule has 9 nitrogen and oxygen atoms in total. The lowest BCUT2D eigenvalue weighted by atomic mass is 9.92. The van der Waals surface area contributed by atoms with Gasteiger partial charge >= 0.3 is 5.97 Å². The van der Waals surface area contributed by atoms with Crippen LogP contribution in [0.25, 0.3) is 0 Å². The van der Waals surface area contributed by atoms with Crippen molar-refractivity contribution in [3.05, 3.63) is 0 Å². The summed E-state index contributed by atoms with van der Waals surface area (Å²) in [7, 11) is 0. The summed E-state index contributed by atoms with van der Waals surface area (Å²) in [4.78, 5) is 49.4. The van der Waals surface area contributed by atoms with Crippen LogP contribution in [0.5, 0.6) is 0 Å². The third-order valence-electron chi connectivity index (χ3n) is 4.12. The van der Waals surface area contributed by atoms with E-state index in [0.717, 1.165) is 0 Å². The second kappa shape index (κ2) is 10.2. The Bertz CT molecular complexity index is 556. The van der Waals surface area contributed by atoms with Gasteiger partial charge in [0.15, 0.2) is 0 Å². The molecule has 4 N–H and O–H groups in total. The maximum Gasteiger partial charge on any atom is 0.326 e. The van der Waals surface area contributed by atoms with Crippen LogP contribution in [0.3, 0.4) is 0 Å². The Labute approximate surface area is 160 Å². The molecule has 9 heteroatoms. The molecule has 156 valence electrons. The minimum atomic E-state index is -1.14. The normalized spacial score (nSPS) is 14.9. The molecular formula is C18H33N3O6. The standard InChI is InChI=1S/C18H33N3O6/c1-10(2)8-13(9-14(22)20-27)15(23)19-11(3)16(24)21(18(5,6)7)12(4)17(25)26/h10-13,27H,8-9H2,1-7H3,(H,19,23)(H,20,22)(H,25,26)/t11-,12-,13+/m0/s1. The number of carboxylic acid groups (broad SMARTS) is 1. The largest absolute Gasteiger partial charge is 0.480 e. The minimum absolute atomic E-state index is 0.122. The van der Waals surface area contributed by atoms with E-state index in [9.17, 15) is 24.3 Å². The third-order valence-corrected chi connectivity index (χ3v) is 4.12. The van der Waals surface area contributed by atoms with Gasteiger partial charge in [0.1, 0.15) is 12.1 Å². The van der Waals surface area contributed by atoms with E-state index < -0.39 is 47.2 Å². The predicted octanol–water partition coefficient (Wildman–Crippen LogP) is 1.15. The summed E-state index contributed by atoms with van der Waals surface area (Å²) in [5.74, 6) is -3.45. The van der Waals surface area contributed by atoms with Crippen molar-refractivity contribution in [3.63, 3.8) is 0 Å². The zero-order chi connectivity index (χ0) is 21.5. The lowest BCUT2D eigenvalue weighted by Crippen LogP contribution is -2.59. The van der Waals surface area contributed by atoms with E-state index in [0.29, 0.717) is 6.42 Å². The number of carboxylic acids is 1. The summed E-state index contributed by atoms with van der Waals surface area (Å²) >= 11 is 0. The lowest BCUT2D eigenvalue weighted by molar-refractivity contribution is -0.155. The highest BCUT2D eigenvalue weighted by Gasteiger charge is 2.37. The molecule has 3 amide bonds. The smallest absolute Gasteiger partial charge is 0.326 e. The Balaban J connectivity index is 5.35. The molecule has 27 heavy (non-hydrogen) atoms. The number of rotatable bonds is 9. The molecule has 0 aromatic rings. The molecule has 0 bridgehead atoms. The average Bonchev–Trinajstić information content (AvgIpc) is 2.51. The average molecular weight is 387 g/mol. The zero-order valence-corrected chi connectivity index (χ0v) is 17.2. The van der Waals surface area contributed by atoms with E-state index in [1.165, 1.54) is 24.2 Å². The topological polar surface area (TPSA) is 136 Å². The fourth-order valence-electron chi connectivity index (χ4n) is 2.94. The molecule has 0 unspecified atom stereocenters.